The second-order valence-electron chi connectivity index (χ2n) is 7.58. The van der Waals surface area contributed by atoms with Crippen LogP contribution in [0.15, 0.2) is 30.3 Å². The highest BCUT2D eigenvalue weighted by Crippen LogP contribution is 2.25. The minimum Gasteiger partial charge on any atom is -0.480 e. The molecule has 2 fully saturated rings. The Hall–Kier alpha value is -2.88. The topological polar surface area (TPSA) is 124 Å². The Balaban J connectivity index is 1.79. The number of fused-ring (bicyclic) bond motifs is 1. The van der Waals surface area contributed by atoms with Crippen LogP contribution in [0.5, 0.6) is 0 Å². The number of carbonyl (C=O) groups is 5. The van der Waals surface area contributed by atoms with Crippen molar-refractivity contribution < 1.29 is 29.1 Å². The van der Waals surface area contributed by atoms with Crippen LogP contribution in [0.3, 0.4) is 0 Å². The summed E-state index contributed by atoms with van der Waals surface area (Å²) in [5.74, 6) is -2.63. The normalized spacial score (nSPS) is 22.4. The molecule has 2 aliphatic rings. The molecule has 2 aliphatic heterocycles. The summed E-state index contributed by atoms with van der Waals surface area (Å²) in [7, 11) is 0. The third-order valence-electron chi connectivity index (χ3n) is 5.33. The number of benzene rings is 1. The van der Waals surface area contributed by atoms with Gasteiger partial charge < -0.3 is 10.4 Å². The summed E-state index contributed by atoms with van der Waals surface area (Å²) in [6, 6.07) is 7.03. The Morgan fingerprint density at radius 3 is 2.55 bits per heavy atom. The number of rotatable bonds is 6. The van der Waals surface area contributed by atoms with Crippen molar-refractivity contribution in [2.75, 3.05) is 6.54 Å². The first-order chi connectivity index (χ1) is 14.8. The number of hydrogen-bond acceptors (Lipinski definition) is 6. The molecule has 0 spiro atoms. The van der Waals surface area contributed by atoms with Crippen molar-refractivity contribution in [3.8, 4) is 0 Å². The number of carbonyl (C=O) groups excluding carboxylic acids is 4. The van der Waals surface area contributed by atoms with Crippen LogP contribution in [0.4, 0.5) is 0 Å². The van der Waals surface area contributed by atoms with E-state index in [-0.39, 0.29) is 36.8 Å². The van der Waals surface area contributed by atoms with Gasteiger partial charge in [0.15, 0.2) is 11.2 Å². The molecule has 3 rings (SSSR count). The summed E-state index contributed by atoms with van der Waals surface area (Å²) in [6.07, 6.45) is 1.11. The monoisotopic (exact) mass is 447 g/mol. The number of thioether (sulfide) groups is 1. The molecule has 2 saturated heterocycles. The van der Waals surface area contributed by atoms with E-state index in [1.54, 1.807) is 0 Å². The summed E-state index contributed by atoms with van der Waals surface area (Å²) in [4.78, 5) is 62.0. The highest BCUT2D eigenvalue weighted by Gasteiger charge is 2.45. The summed E-state index contributed by atoms with van der Waals surface area (Å²) < 4.78 is 0. The van der Waals surface area contributed by atoms with Gasteiger partial charge in [0, 0.05) is 19.9 Å². The van der Waals surface area contributed by atoms with E-state index in [0.29, 0.717) is 12.8 Å². The first-order valence-electron chi connectivity index (χ1n) is 10.2. The van der Waals surface area contributed by atoms with Gasteiger partial charge in [0.1, 0.15) is 6.04 Å². The van der Waals surface area contributed by atoms with Crippen molar-refractivity contribution >= 4 is 40.6 Å². The van der Waals surface area contributed by atoms with Crippen molar-refractivity contribution in [3.63, 3.8) is 0 Å². The fraction of sp³-hybridized carbons (Fsp3) is 0.476. The van der Waals surface area contributed by atoms with E-state index in [1.807, 2.05) is 30.3 Å². The quantitative estimate of drug-likeness (QED) is 0.666. The predicted octanol–water partition coefficient (Wildman–Crippen LogP) is 0.975. The van der Waals surface area contributed by atoms with E-state index in [4.69, 9.17) is 0 Å². The first kappa shape index (κ1) is 22.8. The molecule has 0 saturated carbocycles. The SMILES string of the molecule is CC(=O)S[C@@H](Cc1ccccc1)C(=O)NC1CCC(=O)N2CCC[C@H](C(=O)O)N2C1=O. The molecule has 1 aromatic rings. The van der Waals surface area contributed by atoms with Crippen LogP contribution in [0.2, 0.25) is 0 Å². The maximum atomic E-state index is 13.2. The van der Waals surface area contributed by atoms with Gasteiger partial charge in [-0.15, -0.1) is 0 Å². The average molecular weight is 448 g/mol. The lowest BCUT2D eigenvalue weighted by atomic mass is 10.1. The Kier molecular flexibility index (Phi) is 7.32. The molecule has 166 valence electrons. The van der Waals surface area contributed by atoms with Crippen LogP contribution in [0.25, 0.3) is 0 Å². The molecule has 1 unspecified atom stereocenters. The second-order valence-corrected chi connectivity index (χ2v) is 8.96. The van der Waals surface area contributed by atoms with Crippen molar-refractivity contribution in [2.45, 2.75) is 56.4 Å². The highest BCUT2D eigenvalue weighted by molar-refractivity contribution is 8.14. The zero-order valence-electron chi connectivity index (χ0n) is 17.2. The van der Waals surface area contributed by atoms with Crippen LogP contribution in [0, 0.1) is 0 Å². The molecule has 2 N–H and O–H groups in total. The zero-order valence-corrected chi connectivity index (χ0v) is 18.0. The van der Waals surface area contributed by atoms with Crippen molar-refractivity contribution in [2.24, 2.45) is 0 Å². The number of hydrazine groups is 1. The van der Waals surface area contributed by atoms with Crippen LogP contribution in [0.1, 0.15) is 38.2 Å². The van der Waals surface area contributed by atoms with Crippen LogP contribution in [-0.2, 0) is 30.4 Å². The second kappa shape index (κ2) is 9.95. The number of carboxylic acids is 1. The molecular weight excluding hydrogens is 422 g/mol. The van der Waals surface area contributed by atoms with Crippen LogP contribution < -0.4 is 5.32 Å². The Morgan fingerprint density at radius 1 is 1.19 bits per heavy atom. The predicted molar refractivity (Wildman–Crippen MR) is 113 cm³/mol. The Bertz CT molecular complexity index is 877. The van der Waals surface area contributed by atoms with Gasteiger partial charge in [-0.3, -0.25) is 24.2 Å². The van der Waals surface area contributed by atoms with Crippen molar-refractivity contribution in [3.05, 3.63) is 35.9 Å². The molecule has 2 heterocycles. The molecule has 3 amide bonds. The fourth-order valence-corrected chi connectivity index (χ4v) is 4.72. The van der Waals surface area contributed by atoms with Gasteiger partial charge in [-0.25, -0.2) is 9.80 Å². The van der Waals surface area contributed by atoms with Gasteiger partial charge in [-0.05, 0) is 31.2 Å². The standard InChI is InChI=1S/C21H25N3O6S/c1-13(25)31-17(12-14-6-3-2-4-7-14)19(27)22-15-9-10-18(26)23-11-5-8-16(21(29)30)24(23)20(15)28/h2-4,6-7,15-17H,5,8-12H2,1H3,(H,22,27)(H,29,30)/t15?,16-,17+/m1/s1. The van der Waals surface area contributed by atoms with E-state index in [1.165, 1.54) is 11.9 Å². The summed E-state index contributed by atoms with van der Waals surface area (Å²) in [5, 5.41) is 13.4. The van der Waals surface area contributed by atoms with Gasteiger partial charge >= 0.3 is 5.97 Å². The Labute approximate surface area is 184 Å². The van der Waals surface area contributed by atoms with Gasteiger partial charge in [0.2, 0.25) is 11.8 Å². The van der Waals surface area contributed by atoms with Crippen LogP contribution in [-0.4, -0.2) is 67.8 Å². The van der Waals surface area contributed by atoms with Gasteiger partial charge in [0.05, 0.1) is 5.25 Å². The summed E-state index contributed by atoms with van der Waals surface area (Å²) in [6.45, 7) is 1.64. The highest BCUT2D eigenvalue weighted by atomic mass is 32.2. The molecule has 9 nitrogen and oxygen atoms in total. The third kappa shape index (κ3) is 5.43. The molecule has 31 heavy (non-hydrogen) atoms. The molecule has 0 aliphatic carbocycles. The Morgan fingerprint density at radius 2 is 1.90 bits per heavy atom. The number of nitrogens with one attached hydrogen (secondary N) is 1. The van der Waals surface area contributed by atoms with E-state index in [2.05, 4.69) is 5.32 Å². The van der Waals surface area contributed by atoms with Crippen LogP contribution >= 0.6 is 11.8 Å². The number of hydrogen-bond donors (Lipinski definition) is 2. The zero-order chi connectivity index (χ0) is 22.5. The van der Waals surface area contributed by atoms with Gasteiger partial charge in [-0.1, -0.05) is 42.1 Å². The molecule has 10 heteroatoms. The lowest BCUT2D eigenvalue weighted by Gasteiger charge is -2.41. The lowest BCUT2D eigenvalue weighted by Crippen LogP contribution is -2.62. The molecule has 0 radical (unpaired) electrons. The number of aliphatic carboxylic acids is 1. The minimum absolute atomic E-state index is 0.0166. The molecular formula is C21H25N3O6S. The van der Waals surface area contributed by atoms with Gasteiger partial charge in [-0.2, -0.15) is 0 Å². The third-order valence-corrected chi connectivity index (χ3v) is 6.32. The lowest BCUT2D eigenvalue weighted by molar-refractivity contribution is -0.180. The van der Waals surface area contributed by atoms with E-state index in [0.717, 1.165) is 22.3 Å². The number of nitrogens with zero attached hydrogens (tertiary/aromatic N) is 2. The smallest absolute Gasteiger partial charge is 0.328 e. The molecule has 0 aromatic heterocycles. The molecule has 3 atom stereocenters. The fourth-order valence-electron chi connectivity index (χ4n) is 3.87. The maximum Gasteiger partial charge on any atom is 0.328 e. The van der Waals surface area contributed by atoms with E-state index >= 15 is 0 Å². The van der Waals surface area contributed by atoms with E-state index in [9.17, 15) is 29.1 Å². The first-order valence-corrected chi connectivity index (χ1v) is 11.0. The largest absolute Gasteiger partial charge is 0.480 e. The summed E-state index contributed by atoms with van der Waals surface area (Å²) >= 11 is 0.879. The molecule has 1 aromatic carbocycles. The maximum absolute atomic E-state index is 13.2. The van der Waals surface area contributed by atoms with Gasteiger partial charge in [0.25, 0.3) is 5.91 Å². The van der Waals surface area contributed by atoms with Crippen molar-refractivity contribution in [1.82, 2.24) is 15.3 Å². The summed E-state index contributed by atoms with van der Waals surface area (Å²) in [5.41, 5.74) is 0.868. The van der Waals surface area contributed by atoms with Crippen molar-refractivity contribution in [1.29, 1.82) is 0 Å². The molecule has 0 bridgehead atoms. The number of amides is 3. The number of carboxylic acid groups (broad SMARTS) is 1. The average Bonchev–Trinajstić information content (AvgIpc) is 2.85. The minimum atomic E-state index is -1.19. The van der Waals surface area contributed by atoms with E-state index < -0.39 is 35.1 Å².